The van der Waals surface area contributed by atoms with E-state index in [2.05, 4.69) is 5.32 Å². The molecule has 0 saturated heterocycles. The summed E-state index contributed by atoms with van der Waals surface area (Å²) in [5, 5.41) is 20.0. The smallest absolute Gasteiger partial charge is 0.326 e. The Hall–Kier alpha value is -2.15. The van der Waals surface area contributed by atoms with E-state index in [1.807, 2.05) is 0 Å². The number of aliphatic hydroxyl groups excluding tert-OH is 1. The molecule has 1 aliphatic heterocycles. The molecule has 3 N–H and O–H groups in total. The predicted octanol–water partition coefficient (Wildman–Crippen LogP) is 0.733. The number of aliphatic carboxylic acids is 1. The number of urea groups is 1. The van der Waals surface area contributed by atoms with Gasteiger partial charge in [0.25, 0.3) is 0 Å². The van der Waals surface area contributed by atoms with Gasteiger partial charge in [-0.1, -0.05) is 6.07 Å². The molecule has 2 amide bonds. The van der Waals surface area contributed by atoms with E-state index < -0.39 is 23.9 Å². The van der Waals surface area contributed by atoms with Crippen LogP contribution in [0.5, 0.6) is 0 Å². The van der Waals surface area contributed by atoms with Gasteiger partial charge in [0, 0.05) is 19.6 Å². The average Bonchev–Trinajstić information content (AvgIpc) is 2.80. The van der Waals surface area contributed by atoms with E-state index in [0.717, 1.165) is 5.56 Å². The molecule has 1 aliphatic rings. The lowest BCUT2D eigenvalue weighted by atomic mass is 10.2. The molecule has 0 spiro atoms. The first-order chi connectivity index (χ1) is 9.52. The van der Waals surface area contributed by atoms with Crippen molar-refractivity contribution in [1.29, 1.82) is 0 Å². The van der Waals surface area contributed by atoms with Crippen molar-refractivity contribution in [1.82, 2.24) is 5.32 Å². The first-order valence-corrected chi connectivity index (χ1v) is 6.23. The van der Waals surface area contributed by atoms with Crippen LogP contribution in [0.25, 0.3) is 0 Å². The van der Waals surface area contributed by atoms with Gasteiger partial charge in [-0.3, -0.25) is 4.90 Å². The van der Waals surface area contributed by atoms with Crippen LogP contribution in [0, 0.1) is 5.82 Å². The van der Waals surface area contributed by atoms with Crippen LogP contribution < -0.4 is 10.2 Å². The van der Waals surface area contributed by atoms with Gasteiger partial charge in [-0.25, -0.2) is 14.0 Å². The van der Waals surface area contributed by atoms with Crippen LogP contribution in [-0.4, -0.2) is 41.4 Å². The van der Waals surface area contributed by atoms with E-state index in [1.54, 1.807) is 6.07 Å². The molecule has 0 aliphatic carbocycles. The summed E-state index contributed by atoms with van der Waals surface area (Å²) >= 11 is 0. The Bertz CT molecular complexity index is 535. The number of halogens is 1. The number of rotatable bonds is 4. The minimum Gasteiger partial charge on any atom is -0.480 e. The summed E-state index contributed by atoms with van der Waals surface area (Å²) < 4.78 is 13.2. The molecular weight excluding hydrogens is 267 g/mol. The second kappa shape index (κ2) is 5.87. The molecule has 2 rings (SSSR count). The summed E-state index contributed by atoms with van der Waals surface area (Å²) in [7, 11) is 0. The fourth-order valence-electron chi connectivity index (χ4n) is 2.18. The molecule has 0 radical (unpaired) electrons. The SMILES string of the molecule is O=C(O)C(CCO)NC(=O)N1CCc2ccc(F)cc21. The van der Waals surface area contributed by atoms with E-state index in [1.165, 1.54) is 17.0 Å². The van der Waals surface area contributed by atoms with Crippen molar-refractivity contribution in [2.24, 2.45) is 0 Å². The van der Waals surface area contributed by atoms with Crippen LogP contribution in [0.4, 0.5) is 14.9 Å². The Morgan fingerprint density at radius 2 is 2.20 bits per heavy atom. The lowest BCUT2D eigenvalue weighted by Crippen LogP contribution is -2.48. The first-order valence-electron chi connectivity index (χ1n) is 6.23. The fourth-order valence-corrected chi connectivity index (χ4v) is 2.18. The quantitative estimate of drug-likeness (QED) is 0.759. The number of amides is 2. The van der Waals surface area contributed by atoms with Crippen LogP contribution >= 0.6 is 0 Å². The zero-order valence-corrected chi connectivity index (χ0v) is 10.7. The standard InChI is InChI=1S/C13H15FN2O4/c14-9-2-1-8-3-5-16(11(8)7-9)13(20)15-10(4-6-17)12(18)19/h1-2,7,10,17H,3-6H2,(H,15,20)(H,18,19). The lowest BCUT2D eigenvalue weighted by molar-refractivity contribution is -0.139. The molecule has 1 aromatic rings. The van der Waals surface area contributed by atoms with Gasteiger partial charge in [-0.15, -0.1) is 0 Å². The third kappa shape index (κ3) is 2.88. The maximum atomic E-state index is 13.2. The normalized spacial score (nSPS) is 14.8. The number of hydrogen-bond acceptors (Lipinski definition) is 3. The molecule has 1 atom stereocenters. The van der Waals surface area contributed by atoms with Gasteiger partial charge in [0.05, 0.1) is 5.69 Å². The molecule has 0 saturated carbocycles. The second-order valence-electron chi connectivity index (χ2n) is 4.53. The van der Waals surface area contributed by atoms with E-state index in [4.69, 9.17) is 10.2 Å². The first kappa shape index (κ1) is 14.3. The van der Waals surface area contributed by atoms with Gasteiger partial charge in [0.15, 0.2) is 0 Å². The number of aliphatic hydroxyl groups is 1. The highest BCUT2D eigenvalue weighted by Gasteiger charge is 2.28. The number of anilines is 1. The Morgan fingerprint density at radius 1 is 1.45 bits per heavy atom. The number of nitrogens with zero attached hydrogens (tertiary/aromatic N) is 1. The molecule has 1 aromatic carbocycles. The van der Waals surface area contributed by atoms with E-state index in [9.17, 15) is 14.0 Å². The van der Waals surface area contributed by atoms with Crippen molar-refractivity contribution in [2.45, 2.75) is 18.9 Å². The summed E-state index contributed by atoms with van der Waals surface area (Å²) in [5.74, 6) is -1.67. The summed E-state index contributed by atoms with van der Waals surface area (Å²) in [6.07, 6.45) is 0.520. The summed E-state index contributed by atoms with van der Waals surface area (Å²) in [6.45, 7) is 0.0263. The Balaban J connectivity index is 2.12. The van der Waals surface area contributed by atoms with Gasteiger partial charge in [-0.2, -0.15) is 0 Å². The minimum absolute atomic E-state index is 0.0785. The molecule has 20 heavy (non-hydrogen) atoms. The Labute approximate surface area is 114 Å². The van der Waals surface area contributed by atoms with E-state index >= 15 is 0 Å². The van der Waals surface area contributed by atoms with Crippen LogP contribution in [0.3, 0.4) is 0 Å². The van der Waals surface area contributed by atoms with Gasteiger partial charge in [-0.05, 0) is 24.1 Å². The van der Waals surface area contributed by atoms with Crippen molar-refractivity contribution in [2.75, 3.05) is 18.1 Å². The number of fused-ring (bicyclic) bond motifs is 1. The zero-order valence-electron chi connectivity index (χ0n) is 10.7. The topological polar surface area (TPSA) is 89.9 Å². The molecule has 1 heterocycles. The van der Waals surface area contributed by atoms with Crippen molar-refractivity contribution < 1.29 is 24.2 Å². The predicted molar refractivity (Wildman–Crippen MR) is 69.1 cm³/mol. The maximum Gasteiger partial charge on any atom is 0.326 e. The van der Waals surface area contributed by atoms with Crippen LogP contribution in [-0.2, 0) is 11.2 Å². The third-order valence-electron chi connectivity index (χ3n) is 3.20. The summed E-state index contributed by atoms with van der Waals surface area (Å²) in [4.78, 5) is 24.3. The number of carboxylic acids is 1. The summed E-state index contributed by atoms with van der Waals surface area (Å²) in [5.41, 5.74) is 1.30. The minimum atomic E-state index is -1.22. The summed E-state index contributed by atoms with van der Waals surface area (Å²) in [6, 6.07) is 2.43. The number of carbonyl (C=O) groups is 2. The van der Waals surface area contributed by atoms with Gasteiger partial charge in [0.2, 0.25) is 0 Å². The highest BCUT2D eigenvalue weighted by atomic mass is 19.1. The molecule has 0 bridgehead atoms. The number of nitrogens with one attached hydrogen (secondary N) is 1. The van der Waals surface area contributed by atoms with E-state index in [0.29, 0.717) is 18.7 Å². The Kier molecular flexibility index (Phi) is 4.19. The monoisotopic (exact) mass is 282 g/mol. The zero-order chi connectivity index (χ0) is 14.7. The second-order valence-corrected chi connectivity index (χ2v) is 4.53. The molecule has 6 nitrogen and oxygen atoms in total. The number of carboxylic acid groups (broad SMARTS) is 1. The maximum absolute atomic E-state index is 13.2. The molecule has 0 fully saturated rings. The number of hydrogen-bond donors (Lipinski definition) is 3. The molecule has 1 unspecified atom stereocenters. The molecule has 7 heteroatoms. The van der Waals surface area contributed by atoms with Crippen molar-refractivity contribution >= 4 is 17.7 Å². The van der Waals surface area contributed by atoms with Gasteiger partial charge >= 0.3 is 12.0 Å². The highest BCUT2D eigenvalue weighted by molar-refractivity contribution is 5.96. The molecule has 0 aromatic heterocycles. The molecule has 108 valence electrons. The van der Waals surface area contributed by atoms with Gasteiger partial charge < -0.3 is 15.5 Å². The van der Waals surface area contributed by atoms with Crippen LogP contribution in [0.1, 0.15) is 12.0 Å². The highest BCUT2D eigenvalue weighted by Crippen LogP contribution is 2.28. The lowest BCUT2D eigenvalue weighted by Gasteiger charge is -2.21. The fraction of sp³-hybridized carbons (Fsp3) is 0.385. The molecular formula is C13H15FN2O4. The van der Waals surface area contributed by atoms with Crippen molar-refractivity contribution in [3.8, 4) is 0 Å². The average molecular weight is 282 g/mol. The van der Waals surface area contributed by atoms with Crippen LogP contribution in [0.15, 0.2) is 18.2 Å². The largest absolute Gasteiger partial charge is 0.480 e. The van der Waals surface area contributed by atoms with Crippen molar-refractivity contribution in [3.63, 3.8) is 0 Å². The number of benzene rings is 1. The third-order valence-corrected chi connectivity index (χ3v) is 3.20. The number of carbonyl (C=O) groups excluding carboxylic acids is 1. The van der Waals surface area contributed by atoms with Gasteiger partial charge in [0.1, 0.15) is 11.9 Å². The van der Waals surface area contributed by atoms with Crippen LogP contribution in [0.2, 0.25) is 0 Å². The van der Waals surface area contributed by atoms with E-state index in [-0.39, 0.29) is 13.0 Å². The Morgan fingerprint density at radius 3 is 2.85 bits per heavy atom. The van der Waals surface area contributed by atoms with Crippen molar-refractivity contribution in [3.05, 3.63) is 29.6 Å².